The van der Waals surface area contributed by atoms with Crippen LogP contribution in [0, 0.1) is 16.7 Å². The first kappa shape index (κ1) is 20.6. The Labute approximate surface area is 176 Å². The normalized spacial score (nSPS) is 29.5. The van der Waals surface area contributed by atoms with E-state index in [0.29, 0.717) is 17.6 Å². The van der Waals surface area contributed by atoms with Crippen LogP contribution in [-0.2, 0) is 23.8 Å². The predicted molar refractivity (Wildman–Crippen MR) is 108 cm³/mol. The Balaban J connectivity index is 1.76. The summed E-state index contributed by atoms with van der Waals surface area (Å²) in [7, 11) is 0. The summed E-state index contributed by atoms with van der Waals surface area (Å²) in [6.07, 6.45) is 2.52. The average Bonchev–Trinajstić information content (AvgIpc) is 3.08. The molecule has 3 atom stereocenters. The summed E-state index contributed by atoms with van der Waals surface area (Å²) < 4.78 is 17.0. The van der Waals surface area contributed by atoms with E-state index in [2.05, 4.69) is 13.8 Å². The monoisotopic (exact) mass is 412 g/mol. The number of fused-ring (bicyclic) bond motifs is 2. The third-order valence-corrected chi connectivity index (χ3v) is 7.02. The van der Waals surface area contributed by atoms with E-state index in [0.717, 1.165) is 24.8 Å². The van der Waals surface area contributed by atoms with Crippen LogP contribution >= 0.6 is 0 Å². The molecule has 0 bridgehead atoms. The molecule has 4 rings (SSSR count). The van der Waals surface area contributed by atoms with Gasteiger partial charge >= 0.3 is 17.9 Å². The van der Waals surface area contributed by atoms with Crippen LogP contribution in [0.4, 0.5) is 0 Å². The van der Waals surface area contributed by atoms with Gasteiger partial charge in [-0.15, -0.1) is 0 Å². The van der Waals surface area contributed by atoms with Crippen LogP contribution < -0.4 is 0 Å². The van der Waals surface area contributed by atoms with Crippen molar-refractivity contribution in [3.05, 3.63) is 47.0 Å². The fourth-order valence-corrected chi connectivity index (χ4v) is 5.89. The minimum atomic E-state index is -0.561. The van der Waals surface area contributed by atoms with Crippen molar-refractivity contribution < 1.29 is 28.6 Å². The van der Waals surface area contributed by atoms with Gasteiger partial charge in [0.05, 0.1) is 5.56 Å². The van der Waals surface area contributed by atoms with Crippen LogP contribution in [0.2, 0.25) is 0 Å². The van der Waals surface area contributed by atoms with Crippen molar-refractivity contribution in [1.82, 2.24) is 0 Å². The topological polar surface area (TPSA) is 78.9 Å². The van der Waals surface area contributed by atoms with Gasteiger partial charge in [0.2, 0.25) is 0 Å². The standard InChI is InChI=1S/C24H28O6/c1-15(25)29-14-24-11-7-10-23(2,3)20(24)19(12-17-18(24)13-28-22(17)27)30-21(26)16-8-5-4-6-9-16/h4-6,8-9,19-20H,7,10-14H2,1-3H3/t19-,20+,24+/m1/s1. The average molecular weight is 412 g/mol. The van der Waals surface area contributed by atoms with E-state index in [-0.39, 0.29) is 36.5 Å². The van der Waals surface area contributed by atoms with Crippen LogP contribution in [0.3, 0.4) is 0 Å². The van der Waals surface area contributed by atoms with Crippen LogP contribution in [0.5, 0.6) is 0 Å². The first-order chi connectivity index (χ1) is 14.2. The molecule has 0 aromatic heterocycles. The maximum Gasteiger partial charge on any atom is 0.338 e. The summed E-state index contributed by atoms with van der Waals surface area (Å²) in [5.41, 5.74) is 1.27. The molecule has 0 amide bonds. The number of benzene rings is 1. The lowest BCUT2D eigenvalue weighted by Gasteiger charge is -2.56. The van der Waals surface area contributed by atoms with E-state index in [1.165, 1.54) is 6.92 Å². The molecule has 1 aromatic carbocycles. The Morgan fingerprint density at radius 3 is 2.60 bits per heavy atom. The number of hydrogen-bond donors (Lipinski definition) is 0. The number of rotatable bonds is 4. The molecule has 0 spiro atoms. The van der Waals surface area contributed by atoms with Crippen LogP contribution in [0.1, 0.15) is 56.8 Å². The highest BCUT2D eigenvalue weighted by Crippen LogP contribution is 2.61. The second-order valence-electron chi connectivity index (χ2n) is 9.30. The lowest BCUT2D eigenvalue weighted by Crippen LogP contribution is -2.56. The number of esters is 3. The van der Waals surface area contributed by atoms with Gasteiger partial charge in [0.1, 0.15) is 19.3 Å². The van der Waals surface area contributed by atoms with E-state index in [1.54, 1.807) is 24.3 Å². The van der Waals surface area contributed by atoms with E-state index < -0.39 is 17.5 Å². The van der Waals surface area contributed by atoms with Crippen molar-refractivity contribution >= 4 is 17.9 Å². The number of carbonyl (C=O) groups is 3. The van der Waals surface area contributed by atoms with E-state index >= 15 is 0 Å². The number of ether oxygens (including phenoxy) is 3. The van der Waals surface area contributed by atoms with Gasteiger partial charge in [0.25, 0.3) is 0 Å². The second-order valence-corrected chi connectivity index (χ2v) is 9.30. The molecule has 1 fully saturated rings. The highest BCUT2D eigenvalue weighted by Gasteiger charge is 2.61. The highest BCUT2D eigenvalue weighted by molar-refractivity contribution is 5.93. The Bertz CT molecular complexity index is 900. The van der Waals surface area contributed by atoms with Crippen molar-refractivity contribution in [3.63, 3.8) is 0 Å². The molecule has 30 heavy (non-hydrogen) atoms. The Hall–Kier alpha value is -2.63. The number of cyclic esters (lactones) is 1. The van der Waals surface area contributed by atoms with Gasteiger partial charge in [0, 0.05) is 30.3 Å². The molecule has 2 aliphatic carbocycles. The highest BCUT2D eigenvalue weighted by atomic mass is 16.6. The molecule has 1 saturated carbocycles. The molecular weight excluding hydrogens is 384 g/mol. The molecule has 1 heterocycles. The summed E-state index contributed by atoms with van der Waals surface area (Å²) in [4.78, 5) is 37.1. The molecule has 1 aromatic rings. The van der Waals surface area contributed by atoms with Gasteiger partial charge in [-0.2, -0.15) is 0 Å². The van der Waals surface area contributed by atoms with Gasteiger partial charge in [0.15, 0.2) is 0 Å². The van der Waals surface area contributed by atoms with Gasteiger partial charge in [-0.3, -0.25) is 4.79 Å². The number of carbonyl (C=O) groups excluding carboxylic acids is 3. The van der Waals surface area contributed by atoms with Gasteiger partial charge in [-0.1, -0.05) is 38.5 Å². The summed E-state index contributed by atoms with van der Waals surface area (Å²) in [6, 6.07) is 8.87. The number of hydrogen-bond acceptors (Lipinski definition) is 6. The Morgan fingerprint density at radius 2 is 1.90 bits per heavy atom. The summed E-state index contributed by atoms with van der Waals surface area (Å²) in [6.45, 7) is 6.13. The fraction of sp³-hybridized carbons (Fsp3) is 0.542. The van der Waals surface area contributed by atoms with Crippen molar-refractivity contribution in [2.45, 2.75) is 52.6 Å². The van der Waals surface area contributed by atoms with Crippen molar-refractivity contribution in [1.29, 1.82) is 0 Å². The van der Waals surface area contributed by atoms with Gasteiger partial charge < -0.3 is 14.2 Å². The predicted octanol–water partition coefficient (Wildman–Crippen LogP) is 3.84. The van der Waals surface area contributed by atoms with Crippen molar-refractivity contribution in [3.8, 4) is 0 Å². The molecule has 0 saturated heterocycles. The van der Waals surface area contributed by atoms with Gasteiger partial charge in [-0.05, 0) is 36.0 Å². The largest absolute Gasteiger partial charge is 0.465 e. The molecule has 1 aliphatic heterocycles. The van der Waals surface area contributed by atoms with E-state index in [9.17, 15) is 14.4 Å². The van der Waals surface area contributed by atoms with Crippen molar-refractivity contribution in [2.75, 3.05) is 13.2 Å². The zero-order valence-corrected chi connectivity index (χ0v) is 17.7. The Kier molecular flexibility index (Phi) is 5.20. The summed E-state index contributed by atoms with van der Waals surface area (Å²) in [5.74, 6) is -1.20. The molecule has 6 heteroatoms. The summed E-state index contributed by atoms with van der Waals surface area (Å²) >= 11 is 0. The zero-order chi connectivity index (χ0) is 21.5. The third-order valence-electron chi connectivity index (χ3n) is 7.02. The molecule has 0 radical (unpaired) electrons. The van der Waals surface area contributed by atoms with Crippen LogP contribution in [-0.4, -0.2) is 37.2 Å². The van der Waals surface area contributed by atoms with Crippen LogP contribution in [0.25, 0.3) is 0 Å². The third kappa shape index (κ3) is 3.42. The van der Waals surface area contributed by atoms with E-state index in [1.807, 2.05) is 6.07 Å². The maximum absolute atomic E-state index is 12.9. The zero-order valence-electron chi connectivity index (χ0n) is 17.7. The first-order valence-corrected chi connectivity index (χ1v) is 10.5. The maximum atomic E-state index is 12.9. The van der Waals surface area contributed by atoms with Gasteiger partial charge in [-0.25, -0.2) is 9.59 Å². The fourth-order valence-electron chi connectivity index (χ4n) is 5.89. The molecule has 3 aliphatic rings. The second kappa shape index (κ2) is 7.56. The molecule has 0 unspecified atom stereocenters. The summed E-state index contributed by atoms with van der Waals surface area (Å²) in [5, 5.41) is 0. The van der Waals surface area contributed by atoms with Crippen LogP contribution in [0.15, 0.2) is 41.5 Å². The van der Waals surface area contributed by atoms with E-state index in [4.69, 9.17) is 14.2 Å². The lowest BCUT2D eigenvalue weighted by atomic mass is 9.49. The quantitative estimate of drug-likeness (QED) is 0.552. The first-order valence-electron chi connectivity index (χ1n) is 10.5. The Morgan fingerprint density at radius 1 is 1.17 bits per heavy atom. The minimum absolute atomic E-state index is 0.0842. The molecular formula is C24H28O6. The molecule has 160 valence electrons. The van der Waals surface area contributed by atoms with Crippen molar-refractivity contribution in [2.24, 2.45) is 16.7 Å². The molecule has 0 N–H and O–H groups in total. The minimum Gasteiger partial charge on any atom is -0.465 e. The molecule has 6 nitrogen and oxygen atoms in total. The lowest BCUT2D eigenvalue weighted by molar-refractivity contribution is -0.154. The SMILES string of the molecule is CC(=O)OC[C@]12CCCC(C)(C)[C@@H]1[C@H](OC(=O)c1ccccc1)CC1=C2COC1=O. The smallest absolute Gasteiger partial charge is 0.338 e.